The number of alkyl halides is 3. The van der Waals surface area contributed by atoms with Gasteiger partial charge in [-0.1, -0.05) is 13.8 Å². The first-order chi connectivity index (χ1) is 15.2. The molecule has 2 heterocycles. The molecule has 32 heavy (non-hydrogen) atoms. The van der Waals surface area contributed by atoms with E-state index in [2.05, 4.69) is 10.3 Å². The lowest BCUT2D eigenvalue weighted by Gasteiger charge is -2.32. The van der Waals surface area contributed by atoms with Gasteiger partial charge in [-0.3, -0.25) is 4.79 Å². The lowest BCUT2D eigenvalue weighted by atomic mass is 9.95. The van der Waals surface area contributed by atoms with Crippen LogP contribution in [-0.2, 0) is 11.0 Å². The second-order valence-corrected chi connectivity index (χ2v) is 9.32. The van der Waals surface area contributed by atoms with Crippen molar-refractivity contribution in [1.29, 1.82) is 5.26 Å². The number of halogens is 3. The van der Waals surface area contributed by atoms with Crippen molar-refractivity contribution in [3.63, 3.8) is 0 Å². The number of carbonyl (C=O) groups is 1. The molecule has 1 aromatic carbocycles. The van der Waals surface area contributed by atoms with Crippen LogP contribution in [-0.4, -0.2) is 29.2 Å². The Morgan fingerprint density at radius 3 is 2.59 bits per heavy atom. The van der Waals surface area contributed by atoms with E-state index in [-0.39, 0.29) is 16.9 Å². The quantitative estimate of drug-likeness (QED) is 0.556. The molecular formula is C23H25F3N4OS. The molecule has 1 saturated heterocycles. The molecule has 0 spiro atoms. The lowest BCUT2D eigenvalue weighted by molar-refractivity contribution is -0.137. The third-order valence-electron chi connectivity index (χ3n) is 5.53. The highest BCUT2D eigenvalue weighted by Gasteiger charge is 2.35. The fourth-order valence-corrected chi connectivity index (χ4v) is 4.46. The van der Waals surface area contributed by atoms with Gasteiger partial charge in [-0.05, 0) is 49.6 Å². The number of rotatable bonds is 6. The van der Waals surface area contributed by atoms with Crippen LogP contribution in [0.4, 0.5) is 24.7 Å². The summed E-state index contributed by atoms with van der Waals surface area (Å²) in [5, 5.41) is 11.6. The molecule has 2 aromatic rings. The summed E-state index contributed by atoms with van der Waals surface area (Å²) < 4.78 is 40.9. The number of hydrogen-bond donors (Lipinski definition) is 1. The van der Waals surface area contributed by atoms with Crippen molar-refractivity contribution in [1.82, 2.24) is 4.98 Å². The number of nitrogens with zero attached hydrogens (tertiary/aromatic N) is 3. The van der Waals surface area contributed by atoms with Crippen molar-refractivity contribution >= 4 is 29.2 Å². The van der Waals surface area contributed by atoms with E-state index in [0.717, 1.165) is 18.3 Å². The van der Waals surface area contributed by atoms with E-state index in [1.165, 1.54) is 24.0 Å². The molecule has 0 bridgehead atoms. The van der Waals surface area contributed by atoms with Gasteiger partial charge in [-0.25, -0.2) is 4.98 Å². The van der Waals surface area contributed by atoms with Crippen LogP contribution in [0.3, 0.4) is 0 Å². The van der Waals surface area contributed by atoms with Gasteiger partial charge in [0.05, 0.1) is 16.8 Å². The van der Waals surface area contributed by atoms with Crippen molar-refractivity contribution in [3.8, 4) is 6.07 Å². The Morgan fingerprint density at radius 1 is 1.31 bits per heavy atom. The largest absolute Gasteiger partial charge is 0.418 e. The smallest absolute Gasteiger partial charge is 0.357 e. The summed E-state index contributed by atoms with van der Waals surface area (Å²) in [5.74, 6) is -0.0539. The molecular weight excluding hydrogens is 437 g/mol. The first kappa shape index (κ1) is 23.9. The van der Waals surface area contributed by atoms with Crippen LogP contribution in [0, 0.1) is 17.2 Å². The van der Waals surface area contributed by atoms with Gasteiger partial charge in [0.1, 0.15) is 11.9 Å². The van der Waals surface area contributed by atoms with E-state index in [0.29, 0.717) is 36.4 Å². The van der Waals surface area contributed by atoms with E-state index < -0.39 is 17.6 Å². The predicted octanol–water partition coefficient (Wildman–Crippen LogP) is 5.72. The minimum absolute atomic E-state index is 0.201. The van der Waals surface area contributed by atoms with Crippen LogP contribution in [0.2, 0.25) is 0 Å². The number of aromatic nitrogens is 1. The molecule has 1 amide bonds. The Balaban J connectivity index is 1.66. The summed E-state index contributed by atoms with van der Waals surface area (Å²) in [4.78, 5) is 19.5. The lowest BCUT2D eigenvalue weighted by Crippen LogP contribution is -2.38. The first-order valence-electron chi connectivity index (χ1n) is 10.5. The third-order valence-corrected chi connectivity index (χ3v) is 6.79. The average molecular weight is 463 g/mol. The molecule has 0 radical (unpaired) electrons. The zero-order valence-corrected chi connectivity index (χ0v) is 18.8. The minimum atomic E-state index is -4.56. The number of anilines is 2. The summed E-state index contributed by atoms with van der Waals surface area (Å²) in [5.41, 5.74) is -0.553. The van der Waals surface area contributed by atoms with Crippen molar-refractivity contribution in [2.24, 2.45) is 5.92 Å². The van der Waals surface area contributed by atoms with Gasteiger partial charge >= 0.3 is 6.18 Å². The fourth-order valence-electron chi connectivity index (χ4n) is 3.50. The van der Waals surface area contributed by atoms with Crippen LogP contribution < -0.4 is 10.2 Å². The number of nitrogens with one attached hydrogen (secondary N) is 1. The molecule has 0 aliphatic carbocycles. The van der Waals surface area contributed by atoms with E-state index >= 15 is 0 Å². The van der Waals surface area contributed by atoms with Crippen LogP contribution in [0.15, 0.2) is 41.4 Å². The normalized spacial score (nSPS) is 15.8. The van der Waals surface area contributed by atoms with Crippen LogP contribution >= 0.6 is 11.8 Å². The summed E-state index contributed by atoms with van der Waals surface area (Å²) in [6.45, 7) is 5.08. The summed E-state index contributed by atoms with van der Waals surface area (Å²) in [7, 11) is 0. The second kappa shape index (κ2) is 10.3. The number of amides is 1. The molecule has 1 fully saturated rings. The maximum Gasteiger partial charge on any atom is 0.418 e. The molecule has 1 aromatic heterocycles. The number of hydrogen-bond acceptors (Lipinski definition) is 5. The zero-order chi connectivity index (χ0) is 23.3. The van der Waals surface area contributed by atoms with Crippen molar-refractivity contribution in [3.05, 3.63) is 47.7 Å². The van der Waals surface area contributed by atoms with Crippen molar-refractivity contribution in [2.75, 3.05) is 23.3 Å². The average Bonchev–Trinajstić information content (AvgIpc) is 2.79. The van der Waals surface area contributed by atoms with Gasteiger partial charge in [-0.2, -0.15) is 18.4 Å². The Morgan fingerprint density at radius 2 is 2.03 bits per heavy atom. The third kappa shape index (κ3) is 5.94. The summed E-state index contributed by atoms with van der Waals surface area (Å²) >= 11 is 1.39. The van der Waals surface area contributed by atoms with Crippen LogP contribution in [0.5, 0.6) is 0 Å². The van der Waals surface area contributed by atoms with Gasteiger partial charge in [0, 0.05) is 35.3 Å². The molecule has 1 aliphatic rings. The molecule has 5 nitrogen and oxygen atoms in total. The topological polar surface area (TPSA) is 69.0 Å². The molecule has 1 aliphatic heterocycles. The van der Waals surface area contributed by atoms with E-state index in [1.807, 2.05) is 24.8 Å². The van der Waals surface area contributed by atoms with Gasteiger partial charge in [0.25, 0.3) is 0 Å². The number of piperidine rings is 1. The standard InChI is InChI=1S/C23H25F3N4OS/c1-3-15(2)32-18-5-6-20(19(12-18)23(24,25)26)29-22(31)17-8-10-30(11-9-17)21-7-4-16(13-27)14-28-21/h4-7,12,14-15,17H,3,8-11H2,1-2H3,(H,29,31)/t15-/m1/s1. The second-order valence-electron chi connectivity index (χ2n) is 7.81. The molecule has 9 heteroatoms. The van der Waals surface area contributed by atoms with E-state index in [4.69, 9.17) is 5.26 Å². The Kier molecular flexibility index (Phi) is 7.67. The highest BCUT2D eigenvalue weighted by Crippen LogP contribution is 2.39. The Labute approximate surface area is 190 Å². The molecule has 0 saturated carbocycles. The zero-order valence-electron chi connectivity index (χ0n) is 17.9. The van der Waals surface area contributed by atoms with Gasteiger partial charge in [0.15, 0.2) is 0 Å². The maximum atomic E-state index is 13.6. The van der Waals surface area contributed by atoms with E-state index in [9.17, 15) is 18.0 Å². The van der Waals surface area contributed by atoms with Gasteiger partial charge in [0.2, 0.25) is 5.91 Å². The number of nitriles is 1. The van der Waals surface area contributed by atoms with E-state index in [1.54, 1.807) is 18.2 Å². The summed E-state index contributed by atoms with van der Waals surface area (Å²) in [6.07, 6.45) is -1.19. The molecule has 0 unspecified atom stereocenters. The Bertz CT molecular complexity index is 980. The van der Waals surface area contributed by atoms with Gasteiger partial charge < -0.3 is 10.2 Å². The number of carbonyl (C=O) groups excluding carboxylic acids is 1. The molecule has 1 N–H and O–H groups in total. The Hall–Kier alpha value is -2.73. The fraction of sp³-hybridized carbons (Fsp3) is 0.435. The molecule has 3 rings (SSSR count). The highest BCUT2D eigenvalue weighted by molar-refractivity contribution is 7.99. The monoisotopic (exact) mass is 462 g/mol. The highest BCUT2D eigenvalue weighted by atomic mass is 32.2. The number of benzene rings is 1. The number of pyridine rings is 1. The first-order valence-corrected chi connectivity index (χ1v) is 11.4. The van der Waals surface area contributed by atoms with Crippen molar-refractivity contribution in [2.45, 2.75) is 49.4 Å². The maximum absolute atomic E-state index is 13.6. The van der Waals surface area contributed by atoms with Gasteiger partial charge in [-0.15, -0.1) is 11.8 Å². The predicted molar refractivity (Wildman–Crippen MR) is 120 cm³/mol. The summed E-state index contributed by atoms with van der Waals surface area (Å²) in [6, 6.07) is 9.55. The minimum Gasteiger partial charge on any atom is -0.357 e. The SMILES string of the molecule is CC[C@@H](C)Sc1ccc(NC(=O)C2CCN(c3ccc(C#N)cn3)CC2)c(C(F)(F)F)c1. The number of thioether (sulfide) groups is 1. The van der Waals surface area contributed by atoms with Crippen molar-refractivity contribution < 1.29 is 18.0 Å². The molecule has 170 valence electrons. The molecule has 1 atom stereocenters. The van der Waals surface area contributed by atoms with Crippen LogP contribution in [0.1, 0.15) is 44.2 Å². The van der Waals surface area contributed by atoms with Crippen LogP contribution in [0.25, 0.3) is 0 Å².